The van der Waals surface area contributed by atoms with Gasteiger partial charge in [-0.1, -0.05) is 0 Å². The first-order valence-corrected chi connectivity index (χ1v) is 10.3. The molecule has 5 unspecified atom stereocenters. The second-order valence-electron chi connectivity index (χ2n) is 8.50. The molecule has 0 aromatic rings. The molecular formula is C20H35N5O7. The first-order valence-electron chi connectivity index (χ1n) is 10.3. The van der Waals surface area contributed by atoms with Crippen LogP contribution in [0.15, 0.2) is 12.0 Å². The van der Waals surface area contributed by atoms with Gasteiger partial charge in [-0.15, -0.1) is 0 Å². The van der Waals surface area contributed by atoms with E-state index in [1.165, 1.54) is 20.0 Å². The van der Waals surface area contributed by atoms with Crippen molar-refractivity contribution in [2.75, 3.05) is 14.1 Å². The number of nitrogens with zero attached hydrogens (tertiary/aromatic N) is 1. The van der Waals surface area contributed by atoms with E-state index in [1.807, 2.05) is 0 Å². The Balaban J connectivity index is 2.80. The number of ether oxygens (including phenoxy) is 1. The molecule has 0 spiro atoms. The highest BCUT2D eigenvalue weighted by Crippen LogP contribution is 2.31. The Labute approximate surface area is 187 Å². The molecule has 0 radical (unpaired) electrons. The molecule has 0 bridgehead atoms. The maximum absolute atomic E-state index is 12.8. The highest BCUT2D eigenvalue weighted by molar-refractivity contribution is 5.92. The fraction of sp³-hybridized carbons (Fsp3) is 0.700. The molecule has 1 aliphatic heterocycles. The largest absolute Gasteiger partial charge is 0.490 e. The van der Waals surface area contributed by atoms with E-state index in [1.54, 1.807) is 39.8 Å². The van der Waals surface area contributed by atoms with Gasteiger partial charge in [-0.25, -0.2) is 4.79 Å². The summed E-state index contributed by atoms with van der Waals surface area (Å²) in [6.07, 6.45) is 1.17. The number of aliphatic carboxylic acids is 1. The summed E-state index contributed by atoms with van der Waals surface area (Å²) in [7, 11) is 3.49. The van der Waals surface area contributed by atoms with Crippen molar-refractivity contribution in [1.29, 1.82) is 0 Å². The molecule has 12 nitrogen and oxygen atoms in total. The SMILES string of the molecule is CC(NC(=O)NC(C)C(=O)NC(C(=O)N/C=C1/CC(C)(O)[C@H](C)O1)C(C)N(C)C)C(=O)O. The third-order valence-electron chi connectivity index (χ3n) is 5.45. The molecule has 1 rings (SSSR count). The van der Waals surface area contributed by atoms with E-state index in [0.29, 0.717) is 5.76 Å². The quantitative estimate of drug-likeness (QED) is 0.259. The van der Waals surface area contributed by atoms with Gasteiger partial charge in [0.15, 0.2) is 0 Å². The molecular weight excluding hydrogens is 422 g/mol. The lowest BCUT2D eigenvalue weighted by molar-refractivity contribution is -0.138. The highest BCUT2D eigenvalue weighted by atomic mass is 16.5. The van der Waals surface area contributed by atoms with E-state index in [-0.39, 0.29) is 6.42 Å². The number of urea groups is 1. The predicted molar refractivity (Wildman–Crippen MR) is 115 cm³/mol. The number of carboxylic acid groups (broad SMARTS) is 1. The molecule has 1 aliphatic rings. The number of amides is 4. The van der Waals surface area contributed by atoms with Crippen LogP contribution in [0.3, 0.4) is 0 Å². The van der Waals surface area contributed by atoms with Crippen molar-refractivity contribution in [3.63, 3.8) is 0 Å². The van der Waals surface area contributed by atoms with E-state index in [2.05, 4.69) is 21.3 Å². The maximum atomic E-state index is 12.8. The number of nitrogens with one attached hydrogen (secondary N) is 4. The van der Waals surface area contributed by atoms with Gasteiger partial charge in [0.25, 0.3) is 0 Å². The molecule has 1 fully saturated rings. The van der Waals surface area contributed by atoms with Gasteiger partial charge in [0.2, 0.25) is 11.8 Å². The van der Waals surface area contributed by atoms with Gasteiger partial charge in [0, 0.05) is 18.7 Å². The van der Waals surface area contributed by atoms with Gasteiger partial charge in [0.1, 0.15) is 35.6 Å². The van der Waals surface area contributed by atoms with E-state index in [4.69, 9.17) is 9.84 Å². The Kier molecular flexibility index (Phi) is 9.46. The third kappa shape index (κ3) is 7.68. The minimum Gasteiger partial charge on any atom is -0.490 e. The molecule has 1 heterocycles. The van der Waals surface area contributed by atoms with Crippen LogP contribution in [0, 0.1) is 0 Å². The van der Waals surface area contributed by atoms with Crippen LogP contribution in [0.4, 0.5) is 4.79 Å². The van der Waals surface area contributed by atoms with E-state index in [9.17, 15) is 24.3 Å². The topological polar surface area (TPSA) is 169 Å². The monoisotopic (exact) mass is 457 g/mol. The summed E-state index contributed by atoms with van der Waals surface area (Å²) < 4.78 is 5.53. The first-order chi connectivity index (χ1) is 14.7. The van der Waals surface area contributed by atoms with Gasteiger partial charge in [-0.2, -0.15) is 0 Å². The highest BCUT2D eigenvalue weighted by Gasteiger charge is 2.39. The minimum absolute atomic E-state index is 0.236. The molecule has 32 heavy (non-hydrogen) atoms. The smallest absolute Gasteiger partial charge is 0.325 e. The van der Waals surface area contributed by atoms with Gasteiger partial charge >= 0.3 is 12.0 Å². The van der Waals surface area contributed by atoms with Crippen molar-refractivity contribution in [2.45, 2.75) is 76.9 Å². The van der Waals surface area contributed by atoms with Crippen molar-refractivity contribution in [1.82, 2.24) is 26.2 Å². The number of carbonyl (C=O) groups excluding carboxylic acids is 3. The summed E-state index contributed by atoms with van der Waals surface area (Å²) in [6, 6.07) is -4.37. The Morgan fingerprint density at radius 1 is 1.09 bits per heavy atom. The van der Waals surface area contributed by atoms with Gasteiger partial charge in [0.05, 0.1) is 0 Å². The Hall–Kier alpha value is -2.86. The zero-order valence-corrected chi connectivity index (χ0v) is 19.6. The lowest BCUT2D eigenvalue weighted by atomic mass is 9.99. The average molecular weight is 458 g/mol. The predicted octanol–water partition coefficient (Wildman–Crippen LogP) is -0.900. The van der Waals surface area contributed by atoms with Crippen LogP contribution in [-0.2, 0) is 19.1 Å². The summed E-state index contributed by atoms with van der Waals surface area (Å²) in [6.45, 7) is 7.80. The van der Waals surface area contributed by atoms with Crippen LogP contribution < -0.4 is 21.3 Å². The average Bonchev–Trinajstić information content (AvgIpc) is 2.94. The molecule has 182 valence electrons. The van der Waals surface area contributed by atoms with Crippen LogP contribution in [0.1, 0.15) is 41.0 Å². The van der Waals surface area contributed by atoms with Gasteiger partial charge < -0.3 is 41.1 Å². The Morgan fingerprint density at radius 2 is 1.66 bits per heavy atom. The maximum Gasteiger partial charge on any atom is 0.325 e. The van der Waals surface area contributed by atoms with Crippen molar-refractivity contribution < 1.29 is 34.1 Å². The van der Waals surface area contributed by atoms with Crippen molar-refractivity contribution in [3.8, 4) is 0 Å². The van der Waals surface area contributed by atoms with Crippen LogP contribution in [0.5, 0.6) is 0 Å². The number of carbonyl (C=O) groups is 4. The van der Waals surface area contributed by atoms with Crippen LogP contribution in [0.25, 0.3) is 0 Å². The normalized spacial score (nSPS) is 25.3. The number of rotatable bonds is 9. The molecule has 0 aliphatic carbocycles. The summed E-state index contributed by atoms with van der Waals surface area (Å²) in [4.78, 5) is 49.8. The van der Waals surface area contributed by atoms with E-state index < -0.39 is 59.7 Å². The molecule has 0 saturated carbocycles. The van der Waals surface area contributed by atoms with Crippen LogP contribution in [-0.4, -0.2) is 88.9 Å². The van der Waals surface area contributed by atoms with Crippen molar-refractivity contribution in [2.24, 2.45) is 0 Å². The third-order valence-corrected chi connectivity index (χ3v) is 5.45. The molecule has 0 aromatic carbocycles. The molecule has 0 aromatic heterocycles. The second-order valence-corrected chi connectivity index (χ2v) is 8.50. The van der Waals surface area contributed by atoms with Crippen molar-refractivity contribution >= 4 is 23.8 Å². The van der Waals surface area contributed by atoms with Crippen LogP contribution >= 0.6 is 0 Å². The second kappa shape index (κ2) is 11.1. The number of hydrogen-bond acceptors (Lipinski definition) is 7. The standard InChI is InChI=1S/C20H35N5O7/c1-10(22-19(30)23-11(2)18(28)29)16(26)24-15(12(3)25(6)7)17(27)21-9-14-8-20(5,31)13(4)32-14/h9-13,15,31H,8H2,1-7H3,(H,21,27)(H,24,26)(H,28,29)(H2,22,23,30)/b14-9-/t10?,11?,12?,13-,15?,20?/m0/s1. The van der Waals surface area contributed by atoms with Crippen LogP contribution in [0.2, 0.25) is 0 Å². The molecule has 1 saturated heterocycles. The summed E-state index contributed by atoms with van der Waals surface area (Å²) in [5.41, 5.74) is -1.04. The lowest BCUT2D eigenvalue weighted by Crippen LogP contribution is -2.59. The van der Waals surface area contributed by atoms with Gasteiger partial charge in [-0.3, -0.25) is 14.4 Å². The zero-order valence-electron chi connectivity index (χ0n) is 19.6. The van der Waals surface area contributed by atoms with E-state index in [0.717, 1.165) is 0 Å². The van der Waals surface area contributed by atoms with Crippen molar-refractivity contribution in [3.05, 3.63) is 12.0 Å². The Bertz CT molecular complexity index is 753. The minimum atomic E-state index is -1.22. The fourth-order valence-corrected chi connectivity index (χ4v) is 2.76. The first kappa shape index (κ1) is 27.2. The summed E-state index contributed by atoms with van der Waals surface area (Å²) in [5.74, 6) is -1.94. The summed E-state index contributed by atoms with van der Waals surface area (Å²) >= 11 is 0. The zero-order chi connectivity index (χ0) is 24.8. The molecule has 4 amide bonds. The fourth-order valence-electron chi connectivity index (χ4n) is 2.76. The van der Waals surface area contributed by atoms with Gasteiger partial charge in [-0.05, 0) is 48.7 Å². The number of aliphatic hydroxyl groups is 1. The number of carboxylic acids is 1. The number of hydrogen-bond donors (Lipinski definition) is 6. The Morgan fingerprint density at radius 3 is 2.12 bits per heavy atom. The molecule has 6 N–H and O–H groups in total. The molecule has 6 atom stereocenters. The number of likely N-dealkylation sites (N-methyl/N-ethyl adjacent to an activating group) is 1. The summed E-state index contributed by atoms with van der Waals surface area (Å²) in [5, 5.41) is 28.8. The lowest BCUT2D eigenvalue weighted by Gasteiger charge is -2.29. The molecule has 12 heteroatoms. The van der Waals surface area contributed by atoms with E-state index >= 15 is 0 Å².